The molecule has 2 unspecified atom stereocenters. The number of hydrogen-bond donors (Lipinski definition) is 3. The third-order valence-electron chi connectivity index (χ3n) is 9.43. The zero-order valence-corrected chi connectivity index (χ0v) is 28.7. The van der Waals surface area contributed by atoms with Gasteiger partial charge in [0.05, 0.1) is 5.54 Å². The van der Waals surface area contributed by atoms with E-state index in [0.29, 0.717) is 48.1 Å². The van der Waals surface area contributed by atoms with Gasteiger partial charge in [0.25, 0.3) is 5.91 Å². The average Bonchev–Trinajstić information content (AvgIpc) is 3.61. The molecule has 1 aliphatic carbocycles. The molecule has 3 aliphatic rings. The lowest BCUT2D eigenvalue weighted by molar-refractivity contribution is -0.154. The minimum Gasteiger partial charge on any atom is -0.454 e. The third-order valence-corrected chi connectivity index (χ3v) is 9.68. The van der Waals surface area contributed by atoms with E-state index < -0.39 is 36.1 Å². The van der Waals surface area contributed by atoms with Gasteiger partial charge in [-0.1, -0.05) is 41.4 Å². The summed E-state index contributed by atoms with van der Waals surface area (Å²) in [6, 6.07) is 20.5. The normalized spacial score (nSPS) is 18.8. The maximum absolute atomic E-state index is 13.4. The summed E-state index contributed by atoms with van der Waals surface area (Å²) in [6.07, 6.45) is -3.10. The van der Waals surface area contributed by atoms with Gasteiger partial charge in [-0.15, -0.1) is 0 Å². The van der Waals surface area contributed by atoms with Gasteiger partial charge in [-0.3, -0.25) is 14.4 Å². The van der Waals surface area contributed by atoms with Crippen LogP contribution in [0.4, 0.5) is 36.4 Å². The zero-order valence-electron chi connectivity index (χ0n) is 27.9. The smallest absolute Gasteiger partial charge is 0.422 e. The van der Waals surface area contributed by atoms with E-state index >= 15 is 0 Å². The number of anilines is 4. The number of nitrogens with one attached hydrogen (secondary N) is 3. The maximum Gasteiger partial charge on any atom is 0.422 e. The second-order valence-electron chi connectivity index (χ2n) is 13.3. The summed E-state index contributed by atoms with van der Waals surface area (Å²) >= 11 is 6.04. The van der Waals surface area contributed by atoms with Crippen molar-refractivity contribution in [3.05, 3.63) is 94.5 Å². The molecule has 4 aromatic rings. The second-order valence-corrected chi connectivity index (χ2v) is 13.8. The first-order valence-corrected chi connectivity index (χ1v) is 17.0. The first kappa shape index (κ1) is 35.0. The van der Waals surface area contributed by atoms with Crippen molar-refractivity contribution in [2.75, 3.05) is 48.7 Å². The molecule has 3 fully saturated rings. The Morgan fingerprint density at radius 1 is 0.827 bits per heavy atom. The Morgan fingerprint density at radius 3 is 2.04 bits per heavy atom. The van der Waals surface area contributed by atoms with E-state index in [9.17, 15) is 27.6 Å². The van der Waals surface area contributed by atoms with Crippen LogP contribution in [0.2, 0.25) is 5.02 Å². The number of hydrogen-bond acceptors (Lipinski definition) is 9. The number of likely N-dealkylation sites (tertiary alicyclic amines) is 2. The lowest BCUT2D eigenvalue weighted by atomic mass is 10.0. The van der Waals surface area contributed by atoms with Crippen molar-refractivity contribution in [1.29, 1.82) is 0 Å². The maximum atomic E-state index is 13.4. The average molecular weight is 735 g/mol. The number of ether oxygens (including phenoxy) is 1. The van der Waals surface area contributed by atoms with Crippen molar-refractivity contribution in [2.24, 2.45) is 11.8 Å². The molecule has 0 radical (unpaired) electrons. The highest BCUT2D eigenvalue weighted by molar-refractivity contribution is 6.39. The van der Waals surface area contributed by atoms with Gasteiger partial charge in [-0.05, 0) is 73.9 Å². The van der Waals surface area contributed by atoms with Gasteiger partial charge < -0.3 is 30.5 Å². The van der Waals surface area contributed by atoms with Gasteiger partial charge in [0, 0.05) is 60.0 Å². The minimum atomic E-state index is -4.60. The molecular weight excluding hydrogens is 701 g/mol. The molecule has 16 heteroatoms. The van der Waals surface area contributed by atoms with Crippen LogP contribution >= 0.6 is 11.6 Å². The molecule has 3 amide bonds. The first-order chi connectivity index (χ1) is 24.8. The molecule has 3 N–H and O–H groups in total. The molecule has 52 heavy (non-hydrogen) atoms. The lowest BCUT2D eigenvalue weighted by Gasteiger charge is -2.22. The number of fused-ring (bicyclic) bond motifs is 1. The van der Waals surface area contributed by atoms with Crippen LogP contribution in [0.15, 0.2) is 72.8 Å². The molecule has 270 valence electrons. The molecule has 2 aliphatic heterocycles. The SMILES string of the molecule is Cc1ccc(NC(=O)C(=O)N2CC3CN(C(=O)c4ccc(Nc5nc(NC6(c7ccc(Cl)cc7)CC6)nc(OCC(F)(F)F)n5)cc4)CC3C2)cc1. The van der Waals surface area contributed by atoms with E-state index in [1.54, 1.807) is 58.3 Å². The number of alkyl halides is 3. The van der Waals surface area contributed by atoms with Gasteiger partial charge >= 0.3 is 24.0 Å². The Kier molecular flexibility index (Phi) is 9.38. The van der Waals surface area contributed by atoms with Gasteiger partial charge in [0.2, 0.25) is 11.9 Å². The molecule has 7 rings (SSSR count). The molecule has 2 atom stereocenters. The summed E-state index contributed by atoms with van der Waals surface area (Å²) in [5.74, 6) is -1.39. The fourth-order valence-electron chi connectivity index (χ4n) is 6.57. The molecule has 2 saturated heterocycles. The summed E-state index contributed by atoms with van der Waals surface area (Å²) in [5.41, 5.74) is 2.92. The van der Waals surface area contributed by atoms with Crippen LogP contribution in [0.3, 0.4) is 0 Å². The zero-order chi connectivity index (χ0) is 36.6. The molecule has 0 spiro atoms. The number of halogens is 4. The van der Waals surface area contributed by atoms with Crippen molar-refractivity contribution in [1.82, 2.24) is 24.8 Å². The predicted molar refractivity (Wildman–Crippen MR) is 186 cm³/mol. The molecule has 3 aromatic carbocycles. The Labute approximate surface area is 301 Å². The van der Waals surface area contributed by atoms with E-state index in [4.69, 9.17) is 16.3 Å². The van der Waals surface area contributed by atoms with Crippen LogP contribution in [0, 0.1) is 18.8 Å². The van der Waals surface area contributed by atoms with Gasteiger partial charge in [0.15, 0.2) is 6.61 Å². The number of nitrogens with zero attached hydrogens (tertiary/aromatic N) is 5. The number of rotatable bonds is 9. The van der Waals surface area contributed by atoms with Crippen LogP contribution in [0.5, 0.6) is 6.01 Å². The second kappa shape index (κ2) is 13.9. The summed E-state index contributed by atoms with van der Waals surface area (Å²) < 4.78 is 43.8. The summed E-state index contributed by atoms with van der Waals surface area (Å²) in [4.78, 5) is 54.6. The number of aromatic nitrogens is 3. The largest absolute Gasteiger partial charge is 0.454 e. The van der Waals surface area contributed by atoms with Crippen molar-refractivity contribution < 1.29 is 32.3 Å². The van der Waals surface area contributed by atoms with E-state index in [0.717, 1.165) is 24.0 Å². The molecular formula is C36H34ClF3N8O4. The lowest BCUT2D eigenvalue weighted by Crippen LogP contribution is -2.40. The quantitative estimate of drug-likeness (QED) is 0.182. The fourth-order valence-corrected chi connectivity index (χ4v) is 6.70. The Morgan fingerprint density at radius 2 is 1.42 bits per heavy atom. The number of carbonyl (C=O) groups is 3. The van der Waals surface area contributed by atoms with E-state index in [1.807, 2.05) is 31.2 Å². The van der Waals surface area contributed by atoms with Gasteiger partial charge in [-0.25, -0.2) is 0 Å². The number of benzene rings is 3. The fraction of sp³-hybridized carbons (Fsp3) is 0.333. The Bertz CT molecular complexity index is 1960. The van der Waals surface area contributed by atoms with Crippen molar-refractivity contribution in [2.45, 2.75) is 31.5 Å². The Hall–Kier alpha value is -5.44. The Balaban J connectivity index is 0.971. The minimum absolute atomic E-state index is 0.0284. The van der Waals surface area contributed by atoms with Crippen molar-refractivity contribution in [3.8, 4) is 6.01 Å². The number of aryl methyl sites for hydroxylation is 1. The van der Waals surface area contributed by atoms with Crippen LogP contribution in [0.25, 0.3) is 0 Å². The van der Waals surface area contributed by atoms with Gasteiger partial charge in [0.1, 0.15) is 0 Å². The molecule has 0 bridgehead atoms. The van der Waals surface area contributed by atoms with Crippen LogP contribution < -0.4 is 20.7 Å². The molecule has 3 heterocycles. The number of amides is 3. The first-order valence-electron chi connectivity index (χ1n) is 16.7. The van der Waals surface area contributed by atoms with Crippen molar-refractivity contribution >= 4 is 52.6 Å². The van der Waals surface area contributed by atoms with Crippen LogP contribution in [0.1, 0.15) is 34.3 Å². The molecule has 1 aromatic heterocycles. The predicted octanol–water partition coefficient (Wildman–Crippen LogP) is 5.79. The standard InChI is InChI=1S/C36H34ClF3N8O4/c1-21-2-10-27(11-3-21)41-29(49)31(51)48-18-23-16-47(17-24(23)19-48)30(50)22-4-12-28(13-5-22)42-32-43-33(45-34(44-32)52-20-36(38,39)40)46-35(14-15-35)25-6-8-26(37)9-7-25/h2-13,23-24H,14-20H2,1H3,(H,41,49)(H2,42,43,44,45,46). The van der Waals surface area contributed by atoms with Crippen LogP contribution in [-0.4, -0.2) is 81.4 Å². The summed E-state index contributed by atoms with van der Waals surface area (Å²) in [5, 5.41) is 9.42. The van der Waals surface area contributed by atoms with E-state index in [-0.39, 0.29) is 29.6 Å². The summed E-state index contributed by atoms with van der Waals surface area (Å²) in [7, 11) is 0. The van der Waals surface area contributed by atoms with E-state index in [1.165, 1.54) is 0 Å². The molecule has 1 saturated carbocycles. The topological polar surface area (TPSA) is 142 Å². The summed E-state index contributed by atoms with van der Waals surface area (Å²) in [6.45, 7) is 2.02. The number of carbonyl (C=O) groups excluding carboxylic acids is 3. The van der Waals surface area contributed by atoms with Crippen LogP contribution in [-0.2, 0) is 15.1 Å². The highest BCUT2D eigenvalue weighted by Gasteiger charge is 2.46. The van der Waals surface area contributed by atoms with Crippen molar-refractivity contribution in [3.63, 3.8) is 0 Å². The third kappa shape index (κ3) is 8.04. The highest BCUT2D eigenvalue weighted by Crippen LogP contribution is 2.48. The molecule has 12 nitrogen and oxygen atoms in total. The van der Waals surface area contributed by atoms with Gasteiger partial charge in [-0.2, -0.15) is 28.1 Å². The monoisotopic (exact) mass is 734 g/mol. The van der Waals surface area contributed by atoms with E-state index in [2.05, 4.69) is 30.9 Å². The highest BCUT2D eigenvalue weighted by atomic mass is 35.5.